The summed E-state index contributed by atoms with van der Waals surface area (Å²) >= 11 is 7.27. The first-order chi connectivity index (χ1) is 11.4. The van der Waals surface area contributed by atoms with Gasteiger partial charge in [0.05, 0.1) is 18.1 Å². The molecule has 2 N–H and O–H groups in total. The van der Waals surface area contributed by atoms with Crippen molar-refractivity contribution in [3.63, 3.8) is 0 Å². The number of thioether (sulfide) groups is 1. The summed E-state index contributed by atoms with van der Waals surface area (Å²) in [6, 6.07) is 5.34. The number of nitrogens with zero attached hydrogens (tertiary/aromatic N) is 1. The fourth-order valence-electron chi connectivity index (χ4n) is 1.87. The highest BCUT2D eigenvalue weighted by molar-refractivity contribution is 8.00. The molecule has 0 aliphatic carbocycles. The number of benzene rings is 1. The van der Waals surface area contributed by atoms with Crippen LogP contribution in [0.1, 0.15) is 29.9 Å². The van der Waals surface area contributed by atoms with E-state index in [0.29, 0.717) is 15.9 Å². The molecular formula is C16H18ClN3O3S. The van der Waals surface area contributed by atoms with E-state index >= 15 is 0 Å². The number of H-pyrrole nitrogens is 1. The number of anilines is 1. The van der Waals surface area contributed by atoms with Crippen molar-refractivity contribution in [2.45, 2.75) is 31.2 Å². The number of carbonyl (C=O) groups is 2. The molecule has 24 heavy (non-hydrogen) atoms. The molecule has 1 aromatic carbocycles. The second kappa shape index (κ2) is 8.21. The predicted molar refractivity (Wildman–Crippen MR) is 94.7 cm³/mol. The molecule has 6 nitrogen and oxygen atoms in total. The number of ether oxygens (including phenoxy) is 1. The van der Waals surface area contributed by atoms with E-state index in [0.717, 1.165) is 5.56 Å². The van der Waals surface area contributed by atoms with Gasteiger partial charge in [0.15, 0.2) is 5.16 Å². The molecular weight excluding hydrogens is 350 g/mol. The standard InChI is InChI=1S/C16H18ClN3O3S/c1-4-23-15(22)13-8-18-16(20-13)24-10(3)14(21)19-12-7-5-6-11(17)9(12)2/h5-8,10H,4H2,1-3H3,(H,18,20)(H,19,21). The van der Waals surface area contributed by atoms with Crippen LogP contribution in [-0.2, 0) is 9.53 Å². The van der Waals surface area contributed by atoms with Gasteiger partial charge in [-0.1, -0.05) is 29.4 Å². The molecule has 0 bridgehead atoms. The van der Waals surface area contributed by atoms with Crippen molar-refractivity contribution in [3.05, 3.63) is 40.7 Å². The SMILES string of the molecule is CCOC(=O)c1cnc(SC(C)C(=O)Nc2cccc(Cl)c2C)[nH]1. The smallest absolute Gasteiger partial charge is 0.356 e. The van der Waals surface area contributed by atoms with Crippen LogP contribution in [0.25, 0.3) is 0 Å². The maximum atomic E-state index is 12.3. The van der Waals surface area contributed by atoms with Crippen molar-refractivity contribution in [1.29, 1.82) is 0 Å². The van der Waals surface area contributed by atoms with E-state index in [2.05, 4.69) is 15.3 Å². The van der Waals surface area contributed by atoms with Gasteiger partial charge in [0.25, 0.3) is 0 Å². The lowest BCUT2D eigenvalue weighted by Crippen LogP contribution is -2.23. The minimum atomic E-state index is -0.469. The Kier molecular flexibility index (Phi) is 6.28. The van der Waals surface area contributed by atoms with E-state index in [1.807, 2.05) is 6.92 Å². The fraction of sp³-hybridized carbons (Fsp3) is 0.312. The van der Waals surface area contributed by atoms with Crippen LogP contribution in [0.4, 0.5) is 5.69 Å². The second-order valence-electron chi connectivity index (χ2n) is 4.98. The zero-order valence-corrected chi connectivity index (χ0v) is 15.1. The summed E-state index contributed by atoms with van der Waals surface area (Å²) in [4.78, 5) is 30.8. The first kappa shape index (κ1) is 18.4. The number of hydrogen-bond donors (Lipinski definition) is 2. The van der Waals surface area contributed by atoms with Gasteiger partial charge in [0.1, 0.15) is 5.69 Å². The highest BCUT2D eigenvalue weighted by atomic mass is 35.5. The molecule has 1 unspecified atom stereocenters. The molecule has 1 aromatic heterocycles. The van der Waals surface area contributed by atoms with Crippen LogP contribution in [0, 0.1) is 6.92 Å². The van der Waals surface area contributed by atoms with Crippen molar-refractivity contribution >= 4 is 40.9 Å². The Bertz CT molecular complexity index is 748. The Morgan fingerprint density at radius 1 is 1.46 bits per heavy atom. The summed E-state index contributed by atoms with van der Waals surface area (Å²) in [5, 5.41) is 3.50. The van der Waals surface area contributed by atoms with E-state index < -0.39 is 11.2 Å². The maximum absolute atomic E-state index is 12.3. The van der Waals surface area contributed by atoms with Crippen molar-refractivity contribution in [2.75, 3.05) is 11.9 Å². The van der Waals surface area contributed by atoms with Gasteiger partial charge >= 0.3 is 5.97 Å². The zero-order chi connectivity index (χ0) is 17.7. The molecule has 0 saturated heterocycles. The molecule has 0 radical (unpaired) electrons. The molecule has 1 amide bonds. The van der Waals surface area contributed by atoms with Crippen molar-refractivity contribution in [2.24, 2.45) is 0 Å². The molecule has 0 aliphatic heterocycles. The molecule has 8 heteroatoms. The van der Waals surface area contributed by atoms with Crippen molar-refractivity contribution in [3.8, 4) is 0 Å². The Labute approximate surface area is 149 Å². The van der Waals surface area contributed by atoms with Crippen LogP contribution >= 0.6 is 23.4 Å². The Balaban J connectivity index is 1.99. The van der Waals surface area contributed by atoms with E-state index in [1.165, 1.54) is 18.0 Å². The van der Waals surface area contributed by atoms with E-state index in [9.17, 15) is 9.59 Å². The van der Waals surface area contributed by atoms with Gasteiger partial charge in [0, 0.05) is 10.7 Å². The fourth-order valence-corrected chi connectivity index (χ4v) is 2.83. The lowest BCUT2D eigenvalue weighted by atomic mass is 10.2. The third-order valence-corrected chi connectivity index (χ3v) is 4.64. The van der Waals surface area contributed by atoms with Gasteiger partial charge in [-0.15, -0.1) is 0 Å². The average Bonchev–Trinajstić information content (AvgIpc) is 3.00. The summed E-state index contributed by atoms with van der Waals surface area (Å²) in [6.07, 6.45) is 1.39. The van der Waals surface area contributed by atoms with E-state index in [4.69, 9.17) is 16.3 Å². The largest absolute Gasteiger partial charge is 0.461 e. The zero-order valence-electron chi connectivity index (χ0n) is 13.6. The Morgan fingerprint density at radius 2 is 2.21 bits per heavy atom. The molecule has 0 aliphatic rings. The number of esters is 1. The summed E-state index contributed by atoms with van der Waals surface area (Å²) in [7, 11) is 0. The quantitative estimate of drug-likeness (QED) is 0.601. The van der Waals surface area contributed by atoms with Gasteiger partial charge in [-0.3, -0.25) is 4.79 Å². The molecule has 1 atom stereocenters. The van der Waals surface area contributed by atoms with Gasteiger partial charge in [-0.05, 0) is 38.5 Å². The summed E-state index contributed by atoms with van der Waals surface area (Å²) < 4.78 is 4.89. The Hall–Kier alpha value is -1.99. The molecule has 2 aromatic rings. The first-order valence-electron chi connectivity index (χ1n) is 7.37. The summed E-state index contributed by atoms with van der Waals surface area (Å²) in [5.74, 6) is -0.650. The maximum Gasteiger partial charge on any atom is 0.356 e. The van der Waals surface area contributed by atoms with Crippen LogP contribution < -0.4 is 5.32 Å². The summed E-state index contributed by atoms with van der Waals surface area (Å²) in [5.41, 5.74) is 1.75. The number of rotatable bonds is 6. The van der Waals surface area contributed by atoms with Crippen LogP contribution in [0.5, 0.6) is 0 Å². The topological polar surface area (TPSA) is 84.1 Å². The molecule has 2 rings (SSSR count). The highest BCUT2D eigenvalue weighted by Gasteiger charge is 2.19. The minimum absolute atomic E-state index is 0.181. The van der Waals surface area contributed by atoms with Crippen LogP contribution in [0.15, 0.2) is 29.6 Å². The van der Waals surface area contributed by atoms with Crippen LogP contribution in [0.2, 0.25) is 5.02 Å². The molecule has 0 fully saturated rings. The average molecular weight is 368 g/mol. The van der Waals surface area contributed by atoms with Crippen molar-refractivity contribution in [1.82, 2.24) is 9.97 Å². The normalized spacial score (nSPS) is 11.8. The number of hydrogen-bond acceptors (Lipinski definition) is 5. The van der Waals surface area contributed by atoms with E-state index in [-0.39, 0.29) is 18.2 Å². The summed E-state index contributed by atoms with van der Waals surface area (Å²) in [6.45, 7) is 5.62. The van der Waals surface area contributed by atoms with Gasteiger partial charge in [0.2, 0.25) is 5.91 Å². The molecule has 128 valence electrons. The van der Waals surface area contributed by atoms with Gasteiger partial charge in [-0.2, -0.15) is 0 Å². The number of halogens is 1. The van der Waals surface area contributed by atoms with Crippen LogP contribution in [-0.4, -0.2) is 33.7 Å². The molecule has 0 spiro atoms. The third kappa shape index (κ3) is 4.52. The third-order valence-electron chi connectivity index (χ3n) is 3.23. The number of carbonyl (C=O) groups excluding carboxylic acids is 2. The first-order valence-corrected chi connectivity index (χ1v) is 8.63. The molecule has 1 heterocycles. The number of aromatic amines is 1. The second-order valence-corrected chi connectivity index (χ2v) is 6.72. The Morgan fingerprint density at radius 3 is 2.92 bits per heavy atom. The lowest BCUT2D eigenvalue weighted by molar-refractivity contribution is -0.115. The monoisotopic (exact) mass is 367 g/mol. The minimum Gasteiger partial charge on any atom is -0.461 e. The predicted octanol–water partition coefficient (Wildman–Crippen LogP) is 3.67. The number of nitrogens with one attached hydrogen (secondary N) is 2. The number of amides is 1. The number of imidazole rings is 1. The van der Waals surface area contributed by atoms with E-state index in [1.54, 1.807) is 32.0 Å². The molecule has 0 saturated carbocycles. The highest BCUT2D eigenvalue weighted by Crippen LogP contribution is 2.25. The van der Waals surface area contributed by atoms with Gasteiger partial charge < -0.3 is 15.0 Å². The van der Waals surface area contributed by atoms with Crippen molar-refractivity contribution < 1.29 is 14.3 Å². The van der Waals surface area contributed by atoms with Crippen LogP contribution in [0.3, 0.4) is 0 Å². The number of aromatic nitrogens is 2. The lowest BCUT2D eigenvalue weighted by Gasteiger charge is -2.13. The van der Waals surface area contributed by atoms with Gasteiger partial charge in [-0.25, -0.2) is 9.78 Å².